The summed E-state index contributed by atoms with van der Waals surface area (Å²) in [5.74, 6) is 0.950. The number of methoxy groups -OCH3 is 1. The van der Waals surface area contributed by atoms with Crippen LogP contribution >= 0.6 is 0 Å². The van der Waals surface area contributed by atoms with Crippen LogP contribution < -0.4 is 9.46 Å². The molecule has 4 nitrogen and oxygen atoms in total. The third kappa shape index (κ3) is 3.98. The monoisotopic (exact) mass is 311 g/mol. The number of nitrogens with one attached hydrogen (secondary N) is 1. The first-order valence-electron chi connectivity index (χ1n) is 7.64. The summed E-state index contributed by atoms with van der Waals surface area (Å²) in [6, 6.07) is 5.17. The van der Waals surface area contributed by atoms with E-state index in [9.17, 15) is 8.42 Å². The molecule has 0 radical (unpaired) electrons. The van der Waals surface area contributed by atoms with Crippen molar-refractivity contribution in [1.29, 1.82) is 0 Å². The second-order valence-electron chi connectivity index (χ2n) is 6.01. The van der Waals surface area contributed by atoms with Gasteiger partial charge in [0.15, 0.2) is 0 Å². The molecular formula is C16H25NO3S. The number of hydrogen-bond acceptors (Lipinski definition) is 3. The van der Waals surface area contributed by atoms with Gasteiger partial charge in [0.25, 0.3) is 0 Å². The summed E-state index contributed by atoms with van der Waals surface area (Å²) in [6.45, 7) is 4.06. The average Bonchev–Trinajstić information content (AvgIpc) is 2.47. The highest BCUT2D eigenvalue weighted by Gasteiger charge is 2.23. The van der Waals surface area contributed by atoms with Crippen LogP contribution in [0.4, 0.5) is 0 Å². The minimum Gasteiger partial charge on any atom is -0.496 e. The van der Waals surface area contributed by atoms with Crippen molar-refractivity contribution in [3.05, 3.63) is 23.8 Å². The molecule has 0 amide bonds. The van der Waals surface area contributed by atoms with Crippen LogP contribution in [0.2, 0.25) is 0 Å². The number of benzene rings is 1. The first-order chi connectivity index (χ1) is 9.94. The summed E-state index contributed by atoms with van der Waals surface area (Å²) in [5, 5.41) is 0. The van der Waals surface area contributed by atoms with Crippen molar-refractivity contribution in [3.8, 4) is 5.75 Å². The smallest absolute Gasteiger partial charge is 0.240 e. The molecular weight excluding hydrogens is 286 g/mol. The molecule has 5 heteroatoms. The van der Waals surface area contributed by atoms with Gasteiger partial charge in [-0.3, -0.25) is 0 Å². The Labute approximate surface area is 127 Å². The molecule has 1 saturated carbocycles. The molecule has 0 saturated heterocycles. The molecule has 21 heavy (non-hydrogen) atoms. The highest BCUT2D eigenvalue weighted by molar-refractivity contribution is 7.89. The van der Waals surface area contributed by atoms with E-state index in [4.69, 9.17) is 4.74 Å². The van der Waals surface area contributed by atoms with Crippen LogP contribution in [0.5, 0.6) is 5.75 Å². The molecule has 0 atom stereocenters. The van der Waals surface area contributed by atoms with Crippen LogP contribution in [0.3, 0.4) is 0 Å². The lowest BCUT2D eigenvalue weighted by molar-refractivity contribution is 0.406. The molecule has 0 heterocycles. The van der Waals surface area contributed by atoms with Gasteiger partial charge in [0, 0.05) is 6.04 Å². The predicted octanol–water partition coefficient (Wildman–Crippen LogP) is 3.43. The lowest BCUT2D eigenvalue weighted by Gasteiger charge is -2.23. The molecule has 2 rings (SSSR count). The third-order valence-electron chi connectivity index (χ3n) is 4.06. The summed E-state index contributed by atoms with van der Waals surface area (Å²) in [6.07, 6.45) is 5.29. The summed E-state index contributed by atoms with van der Waals surface area (Å²) in [7, 11) is -1.84. The summed E-state index contributed by atoms with van der Waals surface area (Å²) >= 11 is 0. The van der Waals surface area contributed by atoms with Gasteiger partial charge in [0.2, 0.25) is 10.0 Å². The molecule has 1 aliphatic rings. The second-order valence-corrected chi connectivity index (χ2v) is 7.73. The van der Waals surface area contributed by atoms with Crippen molar-refractivity contribution in [2.24, 2.45) is 0 Å². The Morgan fingerprint density at radius 3 is 2.43 bits per heavy atom. The molecule has 0 aromatic heterocycles. The normalized spacial score (nSPS) is 17.1. The van der Waals surface area contributed by atoms with Crippen LogP contribution in [0.1, 0.15) is 57.4 Å². The largest absolute Gasteiger partial charge is 0.496 e. The average molecular weight is 311 g/mol. The lowest BCUT2D eigenvalue weighted by atomic mass is 9.96. The molecule has 0 bridgehead atoms. The van der Waals surface area contributed by atoms with Crippen LogP contribution in [-0.2, 0) is 10.0 Å². The first kappa shape index (κ1) is 16.3. The Bertz CT molecular complexity index is 575. The number of ether oxygens (including phenoxy) is 1. The van der Waals surface area contributed by atoms with E-state index in [0.29, 0.717) is 4.90 Å². The van der Waals surface area contributed by atoms with Crippen molar-refractivity contribution >= 4 is 10.0 Å². The summed E-state index contributed by atoms with van der Waals surface area (Å²) in [4.78, 5) is 0.331. The summed E-state index contributed by atoms with van der Waals surface area (Å²) in [5.41, 5.74) is 0.920. The Morgan fingerprint density at radius 1 is 1.19 bits per heavy atom. The maximum atomic E-state index is 12.5. The zero-order chi connectivity index (χ0) is 15.5. The topological polar surface area (TPSA) is 55.4 Å². The number of rotatable bonds is 5. The van der Waals surface area contributed by atoms with E-state index >= 15 is 0 Å². The molecule has 0 unspecified atom stereocenters. The Morgan fingerprint density at radius 2 is 1.86 bits per heavy atom. The van der Waals surface area contributed by atoms with Gasteiger partial charge < -0.3 is 4.74 Å². The molecule has 0 spiro atoms. The van der Waals surface area contributed by atoms with Crippen molar-refractivity contribution < 1.29 is 13.2 Å². The zero-order valence-electron chi connectivity index (χ0n) is 13.1. The van der Waals surface area contributed by atoms with Gasteiger partial charge in [0.1, 0.15) is 5.75 Å². The second kappa shape index (κ2) is 6.79. The van der Waals surface area contributed by atoms with Crippen LogP contribution in [0, 0.1) is 0 Å². The van der Waals surface area contributed by atoms with Crippen LogP contribution in [0.15, 0.2) is 23.1 Å². The van der Waals surface area contributed by atoms with Crippen molar-refractivity contribution in [1.82, 2.24) is 4.72 Å². The maximum absolute atomic E-state index is 12.5. The lowest BCUT2D eigenvalue weighted by Crippen LogP contribution is -2.36. The van der Waals surface area contributed by atoms with E-state index in [1.54, 1.807) is 25.3 Å². The first-order valence-corrected chi connectivity index (χ1v) is 9.12. The Balaban J connectivity index is 2.25. The van der Waals surface area contributed by atoms with E-state index in [-0.39, 0.29) is 12.0 Å². The van der Waals surface area contributed by atoms with Gasteiger partial charge >= 0.3 is 0 Å². The quantitative estimate of drug-likeness (QED) is 0.906. The van der Waals surface area contributed by atoms with Gasteiger partial charge in [0.05, 0.1) is 12.0 Å². The van der Waals surface area contributed by atoms with Crippen molar-refractivity contribution in [2.75, 3.05) is 7.11 Å². The van der Waals surface area contributed by atoms with E-state index in [1.807, 2.05) is 13.8 Å². The van der Waals surface area contributed by atoms with Gasteiger partial charge in [-0.2, -0.15) is 0 Å². The van der Waals surface area contributed by atoms with E-state index in [1.165, 1.54) is 6.42 Å². The molecule has 1 aliphatic carbocycles. The highest BCUT2D eigenvalue weighted by Crippen LogP contribution is 2.29. The third-order valence-corrected chi connectivity index (χ3v) is 5.58. The van der Waals surface area contributed by atoms with Gasteiger partial charge in [-0.05, 0) is 42.5 Å². The molecule has 0 aliphatic heterocycles. The minimum atomic E-state index is -3.45. The number of sulfonamides is 1. The van der Waals surface area contributed by atoms with Gasteiger partial charge in [-0.15, -0.1) is 0 Å². The van der Waals surface area contributed by atoms with E-state index in [2.05, 4.69) is 4.72 Å². The van der Waals surface area contributed by atoms with Gasteiger partial charge in [-0.25, -0.2) is 13.1 Å². The standard InChI is InChI=1S/C16H25NO3S/c1-12(2)15-11-14(9-10-16(15)20-3)21(18,19)17-13-7-5-4-6-8-13/h9-13,17H,4-8H2,1-3H3. The highest BCUT2D eigenvalue weighted by atomic mass is 32.2. The van der Waals surface area contributed by atoms with E-state index < -0.39 is 10.0 Å². The molecule has 1 fully saturated rings. The predicted molar refractivity (Wildman–Crippen MR) is 84.3 cm³/mol. The molecule has 1 aromatic carbocycles. The SMILES string of the molecule is COc1ccc(S(=O)(=O)NC2CCCCC2)cc1C(C)C. The Kier molecular flexibility index (Phi) is 5.27. The summed E-state index contributed by atoms with van der Waals surface area (Å²) < 4.78 is 33.2. The fourth-order valence-electron chi connectivity index (χ4n) is 2.84. The van der Waals surface area contributed by atoms with Crippen LogP contribution in [0.25, 0.3) is 0 Å². The van der Waals surface area contributed by atoms with Gasteiger partial charge in [-0.1, -0.05) is 33.1 Å². The van der Waals surface area contributed by atoms with Crippen LogP contribution in [-0.4, -0.2) is 21.6 Å². The zero-order valence-corrected chi connectivity index (χ0v) is 13.9. The molecule has 1 aromatic rings. The molecule has 118 valence electrons. The van der Waals surface area contributed by atoms with E-state index in [0.717, 1.165) is 37.0 Å². The van der Waals surface area contributed by atoms with Crippen molar-refractivity contribution in [2.45, 2.75) is 62.8 Å². The fourth-order valence-corrected chi connectivity index (χ4v) is 4.18. The maximum Gasteiger partial charge on any atom is 0.240 e. The van der Waals surface area contributed by atoms with Crippen molar-refractivity contribution in [3.63, 3.8) is 0 Å². The molecule has 1 N–H and O–H groups in total. The minimum absolute atomic E-state index is 0.0772. The number of hydrogen-bond donors (Lipinski definition) is 1. The fraction of sp³-hybridized carbons (Fsp3) is 0.625. The Hall–Kier alpha value is -1.07.